The number of hydrogen-bond donors (Lipinski definition) is 2. The fourth-order valence-electron chi connectivity index (χ4n) is 2.23. The first-order valence-electron chi connectivity index (χ1n) is 8.89. The number of halogens is 3. The quantitative estimate of drug-likeness (QED) is 0.415. The van der Waals surface area contributed by atoms with E-state index in [1.807, 2.05) is 27.7 Å². The van der Waals surface area contributed by atoms with Gasteiger partial charge in [0, 0.05) is 25.3 Å². The molecule has 158 valence electrons. The molecule has 0 spiro atoms. The van der Waals surface area contributed by atoms with Gasteiger partial charge in [0.05, 0.1) is 13.1 Å². The number of nitrogens with zero attached hydrogens (tertiary/aromatic N) is 3. The molecule has 0 aliphatic carbocycles. The number of carbonyl (C=O) groups excluding carboxylic acids is 1. The second-order valence-electron chi connectivity index (χ2n) is 7.09. The van der Waals surface area contributed by atoms with Crippen molar-refractivity contribution in [3.8, 4) is 5.88 Å². The number of aromatic nitrogens is 1. The van der Waals surface area contributed by atoms with Gasteiger partial charge in [0.2, 0.25) is 11.8 Å². The van der Waals surface area contributed by atoms with Crippen LogP contribution in [0.4, 0.5) is 13.2 Å². The molecule has 1 rings (SSSR count). The van der Waals surface area contributed by atoms with Crippen LogP contribution in [0.1, 0.15) is 33.3 Å². The predicted molar refractivity (Wildman–Crippen MR) is 101 cm³/mol. The van der Waals surface area contributed by atoms with Gasteiger partial charge in [0.25, 0.3) is 0 Å². The van der Waals surface area contributed by atoms with E-state index in [2.05, 4.69) is 20.6 Å². The van der Waals surface area contributed by atoms with Gasteiger partial charge in [0.15, 0.2) is 5.96 Å². The standard InChI is InChI=1S/C18H28F3N5O2/c1-6-22-16(26(5)12-14(27)25-17(2,3)4)24-10-11-28-15-13(18(19,20)21)8-7-9-23-15/h7-9H,6,10-12H2,1-5H3,(H,22,24)(H,25,27). The summed E-state index contributed by atoms with van der Waals surface area (Å²) in [4.78, 5) is 21.6. The van der Waals surface area contributed by atoms with Gasteiger partial charge >= 0.3 is 6.18 Å². The molecule has 0 atom stereocenters. The maximum absolute atomic E-state index is 12.9. The lowest BCUT2D eigenvalue weighted by molar-refractivity contribution is -0.139. The highest BCUT2D eigenvalue weighted by Crippen LogP contribution is 2.34. The van der Waals surface area contributed by atoms with E-state index in [-0.39, 0.29) is 31.1 Å². The highest BCUT2D eigenvalue weighted by atomic mass is 19.4. The highest BCUT2D eigenvalue weighted by Gasteiger charge is 2.35. The molecule has 1 heterocycles. The van der Waals surface area contributed by atoms with Gasteiger partial charge in [-0.3, -0.25) is 4.79 Å². The van der Waals surface area contributed by atoms with Crippen LogP contribution in [0.5, 0.6) is 5.88 Å². The molecule has 7 nitrogen and oxygen atoms in total. The first-order valence-corrected chi connectivity index (χ1v) is 8.89. The van der Waals surface area contributed by atoms with Crippen LogP contribution in [0.15, 0.2) is 23.3 Å². The van der Waals surface area contributed by atoms with Crippen molar-refractivity contribution in [1.82, 2.24) is 20.5 Å². The van der Waals surface area contributed by atoms with Crippen molar-refractivity contribution in [3.05, 3.63) is 23.9 Å². The van der Waals surface area contributed by atoms with E-state index in [9.17, 15) is 18.0 Å². The van der Waals surface area contributed by atoms with E-state index >= 15 is 0 Å². The van der Waals surface area contributed by atoms with Gasteiger partial charge in [0.1, 0.15) is 12.2 Å². The number of pyridine rings is 1. The molecule has 0 saturated carbocycles. The van der Waals surface area contributed by atoms with Crippen LogP contribution in [0.3, 0.4) is 0 Å². The monoisotopic (exact) mass is 403 g/mol. The molecule has 0 fully saturated rings. The number of amides is 1. The van der Waals surface area contributed by atoms with Crippen molar-refractivity contribution < 1.29 is 22.7 Å². The van der Waals surface area contributed by atoms with Crippen LogP contribution in [-0.2, 0) is 11.0 Å². The lowest BCUT2D eigenvalue weighted by Gasteiger charge is -2.25. The van der Waals surface area contributed by atoms with Crippen LogP contribution in [-0.4, -0.2) is 60.6 Å². The van der Waals surface area contributed by atoms with Gasteiger partial charge < -0.3 is 20.3 Å². The number of alkyl halides is 3. The fraction of sp³-hybridized carbons (Fsp3) is 0.611. The van der Waals surface area contributed by atoms with Crippen LogP contribution >= 0.6 is 0 Å². The minimum Gasteiger partial charge on any atom is -0.475 e. The van der Waals surface area contributed by atoms with E-state index in [0.717, 1.165) is 6.07 Å². The van der Waals surface area contributed by atoms with Crippen molar-refractivity contribution in [1.29, 1.82) is 0 Å². The zero-order valence-electron chi connectivity index (χ0n) is 16.9. The number of nitrogens with one attached hydrogen (secondary N) is 2. The molecule has 0 bridgehead atoms. The van der Waals surface area contributed by atoms with Gasteiger partial charge in [-0.2, -0.15) is 13.2 Å². The molecule has 1 aromatic rings. The molecule has 1 aromatic heterocycles. The van der Waals surface area contributed by atoms with Crippen molar-refractivity contribution in [2.24, 2.45) is 4.99 Å². The first-order chi connectivity index (χ1) is 12.9. The Morgan fingerprint density at radius 1 is 1.32 bits per heavy atom. The average Bonchev–Trinajstić information content (AvgIpc) is 2.55. The van der Waals surface area contributed by atoms with E-state index in [1.54, 1.807) is 11.9 Å². The van der Waals surface area contributed by atoms with E-state index in [4.69, 9.17) is 4.74 Å². The van der Waals surface area contributed by atoms with Crippen LogP contribution in [0, 0.1) is 0 Å². The Bertz CT molecular complexity index is 672. The number of carbonyl (C=O) groups is 1. The number of aliphatic imine (C=N–C) groups is 1. The number of hydrogen-bond acceptors (Lipinski definition) is 4. The zero-order chi connectivity index (χ0) is 21.4. The summed E-state index contributed by atoms with van der Waals surface area (Å²) < 4.78 is 43.9. The Labute approximate surface area is 163 Å². The smallest absolute Gasteiger partial charge is 0.421 e. The van der Waals surface area contributed by atoms with Crippen molar-refractivity contribution in [3.63, 3.8) is 0 Å². The van der Waals surface area contributed by atoms with E-state index < -0.39 is 17.6 Å². The number of rotatable bonds is 7. The largest absolute Gasteiger partial charge is 0.475 e. The van der Waals surface area contributed by atoms with Gasteiger partial charge in [-0.25, -0.2) is 9.98 Å². The molecule has 0 aromatic carbocycles. The van der Waals surface area contributed by atoms with Crippen molar-refractivity contribution in [2.45, 2.75) is 39.4 Å². The van der Waals surface area contributed by atoms with Crippen LogP contribution < -0.4 is 15.4 Å². The summed E-state index contributed by atoms with van der Waals surface area (Å²) in [6.07, 6.45) is -3.30. The van der Waals surface area contributed by atoms with Crippen molar-refractivity contribution >= 4 is 11.9 Å². The SMILES string of the molecule is CCNC(=NCCOc1ncccc1C(F)(F)F)N(C)CC(=O)NC(C)(C)C. The molecule has 0 aliphatic heterocycles. The molecule has 0 aliphatic rings. The molecular weight excluding hydrogens is 375 g/mol. The molecule has 0 saturated heterocycles. The summed E-state index contributed by atoms with van der Waals surface area (Å²) in [6.45, 7) is 8.19. The Morgan fingerprint density at radius 2 is 2.00 bits per heavy atom. The Kier molecular flexibility index (Phi) is 8.52. The summed E-state index contributed by atoms with van der Waals surface area (Å²) in [6, 6.07) is 2.12. The summed E-state index contributed by atoms with van der Waals surface area (Å²) in [5.74, 6) is -0.194. The summed E-state index contributed by atoms with van der Waals surface area (Å²) in [5.41, 5.74) is -1.28. The minimum atomic E-state index is -4.54. The van der Waals surface area contributed by atoms with E-state index in [0.29, 0.717) is 12.5 Å². The van der Waals surface area contributed by atoms with Gasteiger partial charge in [-0.1, -0.05) is 0 Å². The first kappa shape index (κ1) is 23.5. The molecule has 0 unspecified atom stereocenters. The van der Waals surface area contributed by atoms with Crippen LogP contribution in [0.2, 0.25) is 0 Å². The molecular formula is C18H28F3N5O2. The summed E-state index contributed by atoms with van der Waals surface area (Å²) in [7, 11) is 1.70. The Hall–Kier alpha value is -2.52. The number of guanidine groups is 1. The lowest BCUT2D eigenvalue weighted by atomic mass is 10.1. The highest BCUT2D eigenvalue weighted by molar-refractivity contribution is 5.86. The Balaban J connectivity index is 2.67. The minimum absolute atomic E-state index is 0.0857. The zero-order valence-corrected chi connectivity index (χ0v) is 16.9. The molecule has 0 radical (unpaired) electrons. The fourth-order valence-corrected chi connectivity index (χ4v) is 2.23. The average molecular weight is 403 g/mol. The van der Waals surface area contributed by atoms with Crippen molar-refractivity contribution in [2.75, 3.05) is 33.3 Å². The van der Waals surface area contributed by atoms with Crippen LogP contribution in [0.25, 0.3) is 0 Å². The second-order valence-corrected chi connectivity index (χ2v) is 7.09. The maximum atomic E-state index is 12.9. The normalized spacial score (nSPS) is 12.5. The molecule has 2 N–H and O–H groups in total. The third kappa shape index (κ3) is 8.45. The molecule has 1 amide bonds. The number of ether oxygens (including phenoxy) is 1. The second kappa shape index (κ2) is 10.1. The predicted octanol–water partition coefficient (Wildman–Crippen LogP) is 2.29. The number of likely N-dealkylation sites (N-methyl/N-ethyl adjacent to an activating group) is 1. The molecule has 10 heteroatoms. The third-order valence-electron chi connectivity index (χ3n) is 3.26. The maximum Gasteiger partial charge on any atom is 0.421 e. The summed E-state index contributed by atoms with van der Waals surface area (Å²) in [5, 5.41) is 5.88. The summed E-state index contributed by atoms with van der Waals surface area (Å²) >= 11 is 0. The molecule has 28 heavy (non-hydrogen) atoms. The van der Waals surface area contributed by atoms with Gasteiger partial charge in [-0.05, 0) is 39.8 Å². The third-order valence-corrected chi connectivity index (χ3v) is 3.26. The van der Waals surface area contributed by atoms with E-state index in [1.165, 1.54) is 12.3 Å². The Morgan fingerprint density at radius 3 is 2.57 bits per heavy atom. The topological polar surface area (TPSA) is 78.9 Å². The lowest BCUT2D eigenvalue weighted by Crippen LogP contribution is -2.48. The van der Waals surface area contributed by atoms with Gasteiger partial charge in [-0.15, -0.1) is 0 Å².